The molecule has 3 rings (SSSR count). The molecule has 2 heterocycles. The first-order valence-corrected chi connectivity index (χ1v) is 10.1. The minimum Gasteiger partial charge on any atom is -0.336 e. The molecule has 0 saturated carbocycles. The van der Waals surface area contributed by atoms with Gasteiger partial charge in [0.05, 0.1) is 22.0 Å². The minimum absolute atomic E-state index is 0.115. The molecule has 0 bridgehead atoms. The average molecular weight is 372 g/mol. The number of nitrogens with zero attached hydrogens (tertiary/aromatic N) is 2. The van der Waals surface area contributed by atoms with E-state index in [2.05, 4.69) is 5.32 Å². The first-order valence-electron chi connectivity index (χ1n) is 8.13. The molecule has 2 atom stereocenters. The van der Waals surface area contributed by atoms with Crippen LogP contribution in [0.3, 0.4) is 0 Å². The van der Waals surface area contributed by atoms with E-state index in [1.165, 1.54) is 4.31 Å². The summed E-state index contributed by atoms with van der Waals surface area (Å²) in [6.45, 7) is 5.79. The van der Waals surface area contributed by atoms with Crippen molar-refractivity contribution in [3.63, 3.8) is 0 Å². The molecule has 1 N–H and O–H groups in total. The van der Waals surface area contributed by atoms with E-state index in [1.54, 1.807) is 23.1 Å². The van der Waals surface area contributed by atoms with E-state index >= 15 is 0 Å². The van der Waals surface area contributed by atoms with Crippen LogP contribution in [0.25, 0.3) is 0 Å². The van der Waals surface area contributed by atoms with Crippen molar-refractivity contribution in [2.24, 2.45) is 0 Å². The number of amides is 1. The van der Waals surface area contributed by atoms with E-state index in [0.717, 1.165) is 0 Å². The second-order valence-corrected chi connectivity index (χ2v) is 9.00. The summed E-state index contributed by atoms with van der Waals surface area (Å²) in [5.74, 6) is 0.0398. The standard InChI is InChI=1S/C16H22ClN3O3S/c1-11-9-19(10-12(2)18-11)16(21)14-5-4-13(8-15(14)17)20-6-3-7-24(20,22)23/h4-5,8,11-12,18H,3,6-7,9-10H2,1-2H3/t11-,12-/m0/s1. The van der Waals surface area contributed by atoms with Crippen LogP contribution >= 0.6 is 11.6 Å². The number of anilines is 1. The van der Waals surface area contributed by atoms with Gasteiger partial charge in [-0.25, -0.2) is 8.42 Å². The van der Waals surface area contributed by atoms with Crippen molar-refractivity contribution in [2.75, 3.05) is 29.7 Å². The number of carbonyl (C=O) groups is 1. The average Bonchev–Trinajstić information content (AvgIpc) is 2.85. The third-order valence-corrected chi connectivity index (χ3v) is 6.60. The maximum absolute atomic E-state index is 12.8. The predicted molar refractivity (Wildman–Crippen MR) is 95.2 cm³/mol. The number of piperazine rings is 1. The maximum atomic E-state index is 12.8. The first kappa shape index (κ1) is 17.5. The number of carbonyl (C=O) groups excluding carboxylic acids is 1. The molecule has 0 spiro atoms. The number of hydrogen-bond acceptors (Lipinski definition) is 4. The van der Waals surface area contributed by atoms with Crippen LogP contribution in [0.4, 0.5) is 5.69 Å². The quantitative estimate of drug-likeness (QED) is 0.859. The van der Waals surface area contributed by atoms with E-state index in [4.69, 9.17) is 11.6 Å². The predicted octanol–water partition coefficient (Wildman–Crippen LogP) is 1.70. The zero-order valence-corrected chi connectivity index (χ0v) is 15.4. The molecule has 2 fully saturated rings. The number of sulfonamides is 1. The van der Waals surface area contributed by atoms with Crippen molar-refractivity contribution in [3.8, 4) is 0 Å². The van der Waals surface area contributed by atoms with E-state index in [-0.39, 0.29) is 23.7 Å². The van der Waals surface area contributed by atoms with Gasteiger partial charge in [0, 0.05) is 31.7 Å². The van der Waals surface area contributed by atoms with Gasteiger partial charge in [-0.15, -0.1) is 0 Å². The van der Waals surface area contributed by atoms with Crippen LogP contribution in [0.1, 0.15) is 30.6 Å². The molecule has 24 heavy (non-hydrogen) atoms. The molecule has 1 amide bonds. The molecule has 0 radical (unpaired) electrons. The fraction of sp³-hybridized carbons (Fsp3) is 0.562. The Kier molecular flexibility index (Phi) is 4.77. The van der Waals surface area contributed by atoms with Gasteiger partial charge in [0.15, 0.2) is 0 Å². The van der Waals surface area contributed by atoms with Crippen molar-refractivity contribution in [2.45, 2.75) is 32.4 Å². The summed E-state index contributed by atoms with van der Waals surface area (Å²) in [7, 11) is -3.25. The molecule has 6 nitrogen and oxygen atoms in total. The lowest BCUT2D eigenvalue weighted by Crippen LogP contribution is -2.55. The van der Waals surface area contributed by atoms with E-state index < -0.39 is 10.0 Å². The minimum atomic E-state index is -3.25. The van der Waals surface area contributed by atoms with Crippen LogP contribution in [0.15, 0.2) is 18.2 Å². The van der Waals surface area contributed by atoms with Crippen molar-refractivity contribution in [1.82, 2.24) is 10.2 Å². The summed E-state index contributed by atoms with van der Waals surface area (Å²) in [6.07, 6.45) is 0.608. The zero-order valence-electron chi connectivity index (χ0n) is 13.8. The molecule has 2 aliphatic heterocycles. The molecule has 0 aromatic heterocycles. The number of hydrogen-bond donors (Lipinski definition) is 1. The second kappa shape index (κ2) is 6.54. The van der Waals surface area contributed by atoms with Gasteiger partial charge in [0.25, 0.3) is 5.91 Å². The van der Waals surface area contributed by atoms with Gasteiger partial charge in [0.1, 0.15) is 0 Å². The van der Waals surface area contributed by atoms with Gasteiger partial charge in [0.2, 0.25) is 10.0 Å². The monoisotopic (exact) mass is 371 g/mol. The van der Waals surface area contributed by atoms with E-state index in [1.807, 2.05) is 13.8 Å². The topological polar surface area (TPSA) is 69.7 Å². The molecule has 2 saturated heterocycles. The Bertz CT molecular complexity index is 743. The third-order valence-electron chi connectivity index (χ3n) is 4.42. The SMILES string of the molecule is C[C@H]1CN(C(=O)c2ccc(N3CCCS3(=O)=O)cc2Cl)C[C@H](C)N1. The molecular formula is C16H22ClN3O3S. The zero-order chi connectivity index (χ0) is 17.5. The Morgan fingerprint density at radius 2 is 1.92 bits per heavy atom. The summed E-state index contributed by atoms with van der Waals surface area (Å²) < 4.78 is 25.4. The summed E-state index contributed by atoms with van der Waals surface area (Å²) in [4.78, 5) is 14.5. The van der Waals surface area contributed by atoms with Crippen LogP contribution in [-0.4, -0.2) is 56.7 Å². The maximum Gasteiger partial charge on any atom is 0.255 e. The third kappa shape index (κ3) is 3.38. The molecule has 8 heteroatoms. The van der Waals surface area contributed by atoms with Gasteiger partial charge in [-0.2, -0.15) is 0 Å². The Morgan fingerprint density at radius 1 is 1.25 bits per heavy atom. The van der Waals surface area contributed by atoms with Crippen LogP contribution in [0.5, 0.6) is 0 Å². The number of benzene rings is 1. The van der Waals surface area contributed by atoms with Crippen molar-refractivity contribution in [1.29, 1.82) is 0 Å². The summed E-state index contributed by atoms with van der Waals surface area (Å²) in [5, 5.41) is 3.68. The fourth-order valence-corrected chi connectivity index (χ4v) is 5.24. The fourth-order valence-electron chi connectivity index (χ4n) is 3.43. The van der Waals surface area contributed by atoms with Crippen molar-refractivity contribution >= 4 is 33.2 Å². The molecular weight excluding hydrogens is 350 g/mol. The highest BCUT2D eigenvalue weighted by molar-refractivity contribution is 7.93. The Balaban J connectivity index is 1.83. The normalized spacial score (nSPS) is 26.6. The number of halogens is 1. The highest BCUT2D eigenvalue weighted by Gasteiger charge is 2.30. The largest absolute Gasteiger partial charge is 0.336 e. The van der Waals surface area contributed by atoms with Crippen LogP contribution in [0.2, 0.25) is 5.02 Å². The number of nitrogens with one attached hydrogen (secondary N) is 1. The lowest BCUT2D eigenvalue weighted by atomic mass is 10.1. The van der Waals surface area contributed by atoms with Gasteiger partial charge < -0.3 is 10.2 Å². The van der Waals surface area contributed by atoms with Crippen molar-refractivity contribution < 1.29 is 13.2 Å². The van der Waals surface area contributed by atoms with Crippen molar-refractivity contribution in [3.05, 3.63) is 28.8 Å². The Labute approximate surface area is 147 Å². The highest BCUT2D eigenvalue weighted by atomic mass is 35.5. The summed E-state index contributed by atoms with van der Waals surface area (Å²) >= 11 is 6.30. The Morgan fingerprint density at radius 3 is 2.46 bits per heavy atom. The lowest BCUT2D eigenvalue weighted by molar-refractivity contribution is 0.0674. The molecule has 132 valence electrons. The van der Waals surface area contributed by atoms with Crippen LogP contribution < -0.4 is 9.62 Å². The molecule has 1 aromatic carbocycles. The molecule has 1 aromatic rings. The van der Waals surface area contributed by atoms with Gasteiger partial charge >= 0.3 is 0 Å². The van der Waals surface area contributed by atoms with Crippen LogP contribution in [0, 0.1) is 0 Å². The van der Waals surface area contributed by atoms with Gasteiger partial charge in [-0.05, 0) is 38.5 Å². The summed E-state index contributed by atoms with van der Waals surface area (Å²) in [6, 6.07) is 5.32. The van der Waals surface area contributed by atoms with E-state index in [0.29, 0.717) is 42.3 Å². The Hall–Kier alpha value is -1.31. The second-order valence-electron chi connectivity index (χ2n) is 6.58. The lowest BCUT2D eigenvalue weighted by Gasteiger charge is -2.36. The van der Waals surface area contributed by atoms with Crippen LogP contribution in [-0.2, 0) is 10.0 Å². The molecule has 0 aliphatic carbocycles. The summed E-state index contributed by atoms with van der Waals surface area (Å²) in [5.41, 5.74) is 0.939. The number of rotatable bonds is 2. The molecule has 0 unspecified atom stereocenters. The first-order chi connectivity index (χ1) is 11.3. The molecule has 2 aliphatic rings. The van der Waals surface area contributed by atoms with Gasteiger partial charge in [-0.1, -0.05) is 11.6 Å². The van der Waals surface area contributed by atoms with Gasteiger partial charge in [-0.3, -0.25) is 9.10 Å². The van der Waals surface area contributed by atoms with E-state index in [9.17, 15) is 13.2 Å². The smallest absolute Gasteiger partial charge is 0.255 e. The highest BCUT2D eigenvalue weighted by Crippen LogP contribution is 2.29.